The molecule has 0 bridgehead atoms. The van der Waals surface area contributed by atoms with Crippen LogP contribution in [0.5, 0.6) is 0 Å². The average molecular weight is 306 g/mol. The van der Waals surface area contributed by atoms with Gasteiger partial charge in [0.2, 0.25) is 0 Å². The number of nitrogens with two attached hydrogens (primary N) is 1. The lowest BCUT2D eigenvalue weighted by Crippen LogP contribution is -2.21. The molecule has 1 aliphatic rings. The Kier molecular flexibility index (Phi) is 4.19. The average Bonchev–Trinajstić information content (AvgIpc) is 2.80. The number of thioether (sulfide) groups is 1. The van der Waals surface area contributed by atoms with Crippen LogP contribution in [0.15, 0.2) is 5.16 Å². The molecular weight excluding hydrogens is 288 g/mol. The van der Waals surface area contributed by atoms with E-state index in [1.54, 1.807) is 0 Å². The van der Waals surface area contributed by atoms with Crippen molar-refractivity contribution in [3.8, 4) is 0 Å². The van der Waals surface area contributed by atoms with Crippen LogP contribution in [0, 0.1) is 0 Å². The number of rotatable bonds is 4. The van der Waals surface area contributed by atoms with Crippen molar-refractivity contribution in [1.82, 2.24) is 14.8 Å². The molecule has 2 unspecified atom stereocenters. The van der Waals surface area contributed by atoms with E-state index < -0.39 is 21.2 Å². The maximum atomic E-state index is 11.5. The minimum Gasteiger partial charge on any atom is -0.391 e. The first-order valence-corrected chi connectivity index (χ1v) is 8.73. The summed E-state index contributed by atoms with van der Waals surface area (Å²) in [6.07, 6.45) is -0.853. The summed E-state index contributed by atoms with van der Waals surface area (Å²) in [7, 11) is -3.15. The van der Waals surface area contributed by atoms with E-state index in [9.17, 15) is 13.5 Å². The Morgan fingerprint density at radius 2 is 2.16 bits per heavy atom. The zero-order valence-electron chi connectivity index (χ0n) is 10.9. The zero-order valence-corrected chi connectivity index (χ0v) is 12.5. The van der Waals surface area contributed by atoms with E-state index in [0.29, 0.717) is 11.0 Å². The van der Waals surface area contributed by atoms with Gasteiger partial charge in [0.15, 0.2) is 15.0 Å². The Hall–Kier alpha value is -0.640. The molecule has 1 fully saturated rings. The largest absolute Gasteiger partial charge is 0.391 e. The molecule has 2 atom stereocenters. The Morgan fingerprint density at radius 3 is 2.63 bits per heavy atom. The van der Waals surface area contributed by atoms with E-state index in [4.69, 9.17) is 5.73 Å². The molecule has 108 valence electrons. The number of aliphatic hydroxyl groups is 1. The van der Waals surface area contributed by atoms with Gasteiger partial charge in [-0.2, -0.15) is 0 Å². The van der Waals surface area contributed by atoms with Gasteiger partial charge in [-0.25, -0.2) is 8.42 Å². The SMILES string of the molecule is CC(C)n1c(CN)nnc1SC1CS(=O)(=O)CC1O. The third-order valence-electron chi connectivity index (χ3n) is 2.96. The van der Waals surface area contributed by atoms with Crippen molar-refractivity contribution in [2.24, 2.45) is 5.73 Å². The van der Waals surface area contributed by atoms with E-state index in [2.05, 4.69) is 10.2 Å². The van der Waals surface area contributed by atoms with Crippen LogP contribution >= 0.6 is 11.8 Å². The van der Waals surface area contributed by atoms with Crippen molar-refractivity contribution < 1.29 is 13.5 Å². The van der Waals surface area contributed by atoms with Gasteiger partial charge in [-0.15, -0.1) is 10.2 Å². The molecule has 19 heavy (non-hydrogen) atoms. The van der Waals surface area contributed by atoms with Gasteiger partial charge in [0.1, 0.15) is 5.82 Å². The van der Waals surface area contributed by atoms with Gasteiger partial charge in [0.05, 0.1) is 29.4 Å². The first-order chi connectivity index (χ1) is 8.84. The van der Waals surface area contributed by atoms with Gasteiger partial charge in [-0.1, -0.05) is 11.8 Å². The van der Waals surface area contributed by atoms with Gasteiger partial charge in [0, 0.05) is 6.04 Å². The second kappa shape index (κ2) is 5.39. The molecule has 0 spiro atoms. The number of sulfone groups is 1. The Labute approximate surface area is 116 Å². The molecule has 1 aromatic rings. The maximum Gasteiger partial charge on any atom is 0.191 e. The molecular formula is C10H18N4O3S2. The fourth-order valence-electron chi connectivity index (χ4n) is 2.09. The van der Waals surface area contributed by atoms with E-state index in [1.165, 1.54) is 11.8 Å². The van der Waals surface area contributed by atoms with Gasteiger partial charge in [-0.05, 0) is 13.8 Å². The lowest BCUT2D eigenvalue weighted by molar-refractivity contribution is 0.207. The third-order valence-corrected chi connectivity index (χ3v) is 6.16. The minimum absolute atomic E-state index is 0.0260. The number of hydrogen-bond acceptors (Lipinski definition) is 7. The Balaban J connectivity index is 2.23. The fourth-order valence-corrected chi connectivity index (χ4v) is 5.76. The molecule has 7 nitrogen and oxygen atoms in total. The van der Waals surface area contributed by atoms with Crippen LogP contribution < -0.4 is 5.73 Å². The lowest BCUT2D eigenvalue weighted by Gasteiger charge is -2.16. The van der Waals surface area contributed by atoms with E-state index in [-0.39, 0.29) is 24.1 Å². The first-order valence-electron chi connectivity index (χ1n) is 6.03. The topological polar surface area (TPSA) is 111 Å². The van der Waals surface area contributed by atoms with Gasteiger partial charge in [-0.3, -0.25) is 0 Å². The normalized spacial score (nSPS) is 26.2. The van der Waals surface area contributed by atoms with E-state index in [0.717, 1.165) is 0 Å². The summed E-state index contributed by atoms with van der Waals surface area (Å²) in [6, 6.07) is 0.131. The van der Waals surface area contributed by atoms with Crippen molar-refractivity contribution >= 4 is 21.6 Å². The van der Waals surface area contributed by atoms with Gasteiger partial charge >= 0.3 is 0 Å². The monoisotopic (exact) mass is 306 g/mol. The molecule has 3 N–H and O–H groups in total. The summed E-state index contributed by atoms with van der Waals surface area (Å²) in [5, 5.41) is 18.1. The highest BCUT2D eigenvalue weighted by atomic mass is 32.2. The third kappa shape index (κ3) is 3.10. The van der Waals surface area contributed by atoms with Crippen molar-refractivity contribution in [2.45, 2.75) is 42.9 Å². The number of hydrogen-bond donors (Lipinski definition) is 2. The van der Waals surface area contributed by atoms with Crippen molar-refractivity contribution in [3.63, 3.8) is 0 Å². The minimum atomic E-state index is -3.15. The summed E-state index contributed by atoms with van der Waals surface area (Å²) >= 11 is 1.26. The van der Waals surface area contributed by atoms with E-state index in [1.807, 2.05) is 18.4 Å². The van der Waals surface area contributed by atoms with Crippen LogP contribution in [-0.2, 0) is 16.4 Å². The van der Waals surface area contributed by atoms with Crippen molar-refractivity contribution in [3.05, 3.63) is 5.82 Å². The smallest absolute Gasteiger partial charge is 0.191 e. The van der Waals surface area contributed by atoms with Crippen molar-refractivity contribution in [1.29, 1.82) is 0 Å². The summed E-state index contributed by atoms with van der Waals surface area (Å²) in [4.78, 5) is 0. The highest BCUT2D eigenvalue weighted by Crippen LogP contribution is 2.31. The van der Waals surface area contributed by atoms with Crippen LogP contribution in [0.4, 0.5) is 0 Å². The maximum absolute atomic E-state index is 11.5. The van der Waals surface area contributed by atoms with Crippen LogP contribution in [0.2, 0.25) is 0 Å². The molecule has 2 heterocycles. The highest BCUT2D eigenvalue weighted by molar-refractivity contribution is 8.01. The molecule has 0 aromatic carbocycles. The molecule has 1 saturated heterocycles. The molecule has 1 aromatic heterocycles. The second-order valence-electron chi connectivity index (χ2n) is 4.87. The van der Waals surface area contributed by atoms with E-state index >= 15 is 0 Å². The van der Waals surface area contributed by atoms with Crippen LogP contribution in [0.3, 0.4) is 0 Å². The zero-order chi connectivity index (χ0) is 14.2. The lowest BCUT2D eigenvalue weighted by atomic mass is 10.3. The predicted octanol–water partition coefficient (Wildman–Crippen LogP) is -0.432. The Bertz CT molecular complexity index is 555. The second-order valence-corrected chi connectivity index (χ2v) is 8.23. The molecule has 9 heteroatoms. The molecule has 0 aliphatic carbocycles. The number of nitrogens with zero attached hydrogens (tertiary/aromatic N) is 3. The molecule has 2 rings (SSSR count). The molecule has 0 amide bonds. The Morgan fingerprint density at radius 1 is 1.47 bits per heavy atom. The standard InChI is InChI=1S/C10H18N4O3S2/c1-6(2)14-9(3-11)12-13-10(14)18-8-5-19(16,17)4-7(8)15/h6-8,15H,3-5,11H2,1-2H3. The quantitative estimate of drug-likeness (QED) is 0.776. The van der Waals surface area contributed by atoms with Gasteiger partial charge in [0.25, 0.3) is 0 Å². The highest BCUT2D eigenvalue weighted by Gasteiger charge is 2.38. The molecule has 0 radical (unpaired) electrons. The van der Waals surface area contributed by atoms with Gasteiger partial charge < -0.3 is 15.4 Å². The summed E-state index contributed by atoms with van der Waals surface area (Å²) in [5.74, 6) is 0.458. The number of aliphatic hydroxyl groups excluding tert-OH is 1. The van der Waals surface area contributed by atoms with Crippen LogP contribution in [0.1, 0.15) is 25.7 Å². The summed E-state index contributed by atoms with van der Waals surface area (Å²) < 4.78 is 24.8. The van der Waals surface area contributed by atoms with Crippen molar-refractivity contribution in [2.75, 3.05) is 11.5 Å². The first kappa shape index (κ1) is 14.8. The van der Waals surface area contributed by atoms with Crippen LogP contribution in [0.25, 0.3) is 0 Å². The molecule has 1 aliphatic heterocycles. The summed E-state index contributed by atoms with van der Waals surface area (Å²) in [6.45, 7) is 4.24. The summed E-state index contributed by atoms with van der Waals surface area (Å²) in [5.41, 5.74) is 5.60. The molecule has 0 saturated carbocycles. The number of aromatic nitrogens is 3. The van der Waals surface area contributed by atoms with Crippen LogP contribution in [-0.4, -0.2) is 51.1 Å². The predicted molar refractivity (Wildman–Crippen MR) is 72.6 cm³/mol. The fraction of sp³-hybridized carbons (Fsp3) is 0.800.